The number of benzene rings is 1. The minimum atomic E-state index is -0.221. The predicted octanol–water partition coefficient (Wildman–Crippen LogP) is 4.00. The first-order valence-corrected chi connectivity index (χ1v) is 9.45. The molecule has 0 saturated heterocycles. The van der Waals surface area contributed by atoms with Crippen molar-refractivity contribution in [2.45, 2.75) is 6.92 Å². The minimum Gasteiger partial charge on any atom is -0.492 e. The molecule has 0 bridgehead atoms. The van der Waals surface area contributed by atoms with E-state index in [4.69, 9.17) is 20.8 Å². The molecule has 29 heavy (non-hydrogen) atoms. The highest BCUT2D eigenvalue weighted by Gasteiger charge is 2.19. The van der Waals surface area contributed by atoms with Gasteiger partial charge >= 0.3 is 0 Å². The Bertz CT molecular complexity index is 1150. The SMILES string of the molecule is Cc1nn(C)c2nc(-c3ccco3)cc(C(=O)NCCOc3ccc(Cl)cc3)c12. The second kappa shape index (κ2) is 7.97. The van der Waals surface area contributed by atoms with Gasteiger partial charge in [-0.3, -0.25) is 9.48 Å². The summed E-state index contributed by atoms with van der Waals surface area (Å²) in [5.74, 6) is 1.06. The van der Waals surface area contributed by atoms with Crippen LogP contribution in [0.15, 0.2) is 53.1 Å². The average Bonchev–Trinajstić information content (AvgIpc) is 3.35. The normalized spacial score (nSPS) is 11.0. The van der Waals surface area contributed by atoms with Crippen molar-refractivity contribution in [2.75, 3.05) is 13.2 Å². The van der Waals surface area contributed by atoms with E-state index in [1.54, 1.807) is 60.5 Å². The monoisotopic (exact) mass is 410 g/mol. The van der Waals surface area contributed by atoms with Gasteiger partial charge in [-0.15, -0.1) is 0 Å². The largest absolute Gasteiger partial charge is 0.492 e. The highest BCUT2D eigenvalue weighted by molar-refractivity contribution is 6.30. The molecule has 3 aromatic heterocycles. The third-order valence-corrected chi connectivity index (χ3v) is 4.71. The molecule has 1 aromatic carbocycles. The van der Waals surface area contributed by atoms with Crippen molar-refractivity contribution in [1.29, 1.82) is 0 Å². The molecule has 0 fully saturated rings. The first-order valence-electron chi connectivity index (χ1n) is 9.07. The topological polar surface area (TPSA) is 82.2 Å². The Kier molecular flexibility index (Phi) is 5.22. The predicted molar refractivity (Wildman–Crippen MR) is 110 cm³/mol. The summed E-state index contributed by atoms with van der Waals surface area (Å²) in [6, 6.07) is 12.4. The van der Waals surface area contributed by atoms with E-state index in [1.165, 1.54) is 0 Å². The number of rotatable bonds is 6. The van der Waals surface area contributed by atoms with Crippen LogP contribution in [0.1, 0.15) is 16.1 Å². The Morgan fingerprint density at radius 2 is 2.07 bits per heavy atom. The molecule has 0 saturated carbocycles. The van der Waals surface area contributed by atoms with E-state index in [1.807, 2.05) is 6.92 Å². The van der Waals surface area contributed by atoms with E-state index in [9.17, 15) is 4.79 Å². The highest BCUT2D eigenvalue weighted by Crippen LogP contribution is 2.27. The molecule has 0 unspecified atom stereocenters. The fourth-order valence-electron chi connectivity index (χ4n) is 3.13. The van der Waals surface area contributed by atoms with Gasteiger partial charge < -0.3 is 14.5 Å². The minimum absolute atomic E-state index is 0.221. The maximum Gasteiger partial charge on any atom is 0.252 e. The number of carbonyl (C=O) groups is 1. The number of aromatic nitrogens is 3. The van der Waals surface area contributed by atoms with Crippen molar-refractivity contribution in [3.8, 4) is 17.2 Å². The molecule has 8 heteroatoms. The summed E-state index contributed by atoms with van der Waals surface area (Å²) in [6.45, 7) is 2.54. The van der Waals surface area contributed by atoms with Gasteiger partial charge in [0.25, 0.3) is 5.91 Å². The molecular formula is C21H19ClN4O3. The number of halogens is 1. The summed E-state index contributed by atoms with van der Waals surface area (Å²) in [6.07, 6.45) is 1.57. The van der Waals surface area contributed by atoms with Crippen LogP contribution in [0.2, 0.25) is 5.02 Å². The fourth-order valence-corrected chi connectivity index (χ4v) is 3.26. The van der Waals surface area contributed by atoms with Crippen molar-refractivity contribution >= 4 is 28.5 Å². The number of pyridine rings is 1. The van der Waals surface area contributed by atoms with Gasteiger partial charge in [0.2, 0.25) is 0 Å². The van der Waals surface area contributed by atoms with Crippen LogP contribution in [0.5, 0.6) is 5.75 Å². The van der Waals surface area contributed by atoms with Gasteiger partial charge in [0, 0.05) is 12.1 Å². The molecule has 4 rings (SSSR count). The van der Waals surface area contributed by atoms with Crippen LogP contribution in [0.25, 0.3) is 22.5 Å². The van der Waals surface area contributed by atoms with Gasteiger partial charge in [0.05, 0.1) is 29.5 Å². The number of hydrogen-bond acceptors (Lipinski definition) is 5. The lowest BCUT2D eigenvalue weighted by molar-refractivity contribution is 0.0948. The smallest absolute Gasteiger partial charge is 0.252 e. The van der Waals surface area contributed by atoms with E-state index >= 15 is 0 Å². The second-order valence-electron chi connectivity index (χ2n) is 6.50. The van der Waals surface area contributed by atoms with Gasteiger partial charge in [-0.25, -0.2) is 4.98 Å². The van der Waals surface area contributed by atoms with Crippen LogP contribution >= 0.6 is 11.6 Å². The lowest BCUT2D eigenvalue weighted by Crippen LogP contribution is -2.28. The molecule has 0 radical (unpaired) electrons. The van der Waals surface area contributed by atoms with Gasteiger partial charge in [-0.2, -0.15) is 5.10 Å². The maximum absolute atomic E-state index is 12.9. The third kappa shape index (κ3) is 3.95. The van der Waals surface area contributed by atoms with Crippen LogP contribution in [-0.4, -0.2) is 33.8 Å². The fraction of sp³-hybridized carbons (Fsp3) is 0.190. The second-order valence-corrected chi connectivity index (χ2v) is 6.93. The number of carbonyl (C=O) groups excluding carboxylic acids is 1. The van der Waals surface area contributed by atoms with Crippen molar-refractivity contribution in [2.24, 2.45) is 7.05 Å². The first kappa shape index (κ1) is 19.0. The summed E-state index contributed by atoms with van der Waals surface area (Å²) in [5.41, 5.74) is 2.44. The van der Waals surface area contributed by atoms with Crippen LogP contribution in [0, 0.1) is 6.92 Å². The van der Waals surface area contributed by atoms with Crippen molar-refractivity contribution in [3.63, 3.8) is 0 Å². The Labute approximate surface area is 172 Å². The van der Waals surface area contributed by atoms with E-state index in [2.05, 4.69) is 15.4 Å². The van der Waals surface area contributed by atoms with Crippen molar-refractivity contribution in [3.05, 3.63) is 65.0 Å². The standard InChI is InChI=1S/C21H19ClN4O3/c1-13-19-16(21(27)23-9-11-28-15-7-5-14(22)6-8-15)12-17(18-4-3-10-29-18)24-20(19)26(2)25-13/h3-8,10,12H,9,11H2,1-2H3,(H,23,27). The Hall–Kier alpha value is -3.32. The van der Waals surface area contributed by atoms with Crippen LogP contribution < -0.4 is 10.1 Å². The zero-order valence-corrected chi connectivity index (χ0v) is 16.7. The quantitative estimate of drug-likeness (QED) is 0.486. The summed E-state index contributed by atoms with van der Waals surface area (Å²) < 4.78 is 12.7. The molecule has 0 aliphatic heterocycles. The number of aryl methyl sites for hydroxylation is 2. The van der Waals surface area contributed by atoms with Crippen LogP contribution in [-0.2, 0) is 7.05 Å². The van der Waals surface area contributed by atoms with E-state index in [-0.39, 0.29) is 5.91 Å². The van der Waals surface area contributed by atoms with Gasteiger partial charge in [-0.05, 0) is 49.4 Å². The molecule has 0 atom stereocenters. The number of hydrogen-bond donors (Lipinski definition) is 1. The number of nitrogens with one attached hydrogen (secondary N) is 1. The average molecular weight is 411 g/mol. The molecule has 1 amide bonds. The van der Waals surface area contributed by atoms with E-state index in [0.29, 0.717) is 46.6 Å². The van der Waals surface area contributed by atoms with E-state index in [0.717, 1.165) is 11.1 Å². The molecule has 0 aliphatic rings. The molecule has 0 spiro atoms. The molecule has 1 N–H and O–H groups in total. The number of furan rings is 1. The summed E-state index contributed by atoms with van der Waals surface area (Å²) in [5, 5.41) is 8.67. The summed E-state index contributed by atoms with van der Waals surface area (Å²) >= 11 is 5.86. The van der Waals surface area contributed by atoms with Gasteiger partial charge in [0.15, 0.2) is 11.4 Å². The summed E-state index contributed by atoms with van der Waals surface area (Å²) in [7, 11) is 1.80. The van der Waals surface area contributed by atoms with Crippen LogP contribution in [0.4, 0.5) is 0 Å². The van der Waals surface area contributed by atoms with E-state index < -0.39 is 0 Å². The molecule has 0 aliphatic carbocycles. The lowest BCUT2D eigenvalue weighted by atomic mass is 10.1. The van der Waals surface area contributed by atoms with Crippen molar-refractivity contribution in [1.82, 2.24) is 20.1 Å². The third-order valence-electron chi connectivity index (χ3n) is 4.46. The summed E-state index contributed by atoms with van der Waals surface area (Å²) in [4.78, 5) is 17.5. The molecule has 3 heterocycles. The lowest BCUT2D eigenvalue weighted by Gasteiger charge is -2.10. The number of ether oxygens (including phenoxy) is 1. The molecule has 148 valence electrons. The Balaban J connectivity index is 1.54. The van der Waals surface area contributed by atoms with Gasteiger partial charge in [0.1, 0.15) is 18.1 Å². The number of fused-ring (bicyclic) bond motifs is 1. The first-order chi connectivity index (χ1) is 14.0. The Morgan fingerprint density at radius 3 is 2.79 bits per heavy atom. The maximum atomic E-state index is 12.9. The molecular weight excluding hydrogens is 392 g/mol. The van der Waals surface area contributed by atoms with Crippen LogP contribution in [0.3, 0.4) is 0 Å². The van der Waals surface area contributed by atoms with Gasteiger partial charge in [-0.1, -0.05) is 11.6 Å². The Morgan fingerprint density at radius 1 is 1.28 bits per heavy atom. The zero-order chi connectivity index (χ0) is 20.4. The molecule has 7 nitrogen and oxygen atoms in total. The number of amides is 1. The highest BCUT2D eigenvalue weighted by atomic mass is 35.5. The number of nitrogens with zero attached hydrogens (tertiary/aromatic N) is 3. The molecule has 4 aromatic rings. The van der Waals surface area contributed by atoms with Crippen molar-refractivity contribution < 1.29 is 13.9 Å². The zero-order valence-electron chi connectivity index (χ0n) is 16.0.